The van der Waals surface area contributed by atoms with Crippen molar-refractivity contribution in [1.29, 1.82) is 0 Å². The summed E-state index contributed by atoms with van der Waals surface area (Å²) in [7, 11) is 1.45. The number of benzene rings is 1. The molecule has 0 aromatic heterocycles. The van der Waals surface area contributed by atoms with Crippen molar-refractivity contribution >= 4 is 28.6 Å². The molecule has 1 fully saturated rings. The number of ether oxygens (including phenoxy) is 2. The summed E-state index contributed by atoms with van der Waals surface area (Å²) < 4.78 is 11.4. The maximum atomic E-state index is 11.8. The topological polar surface area (TPSA) is 35.5 Å². The fourth-order valence-electron chi connectivity index (χ4n) is 2.46. The highest BCUT2D eigenvalue weighted by Gasteiger charge is 2.35. The average Bonchev–Trinajstić information content (AvgIpc) is 2.45. The molecule has 0 saturated heterocycles. The SMILES string of the molecule is COC(=O)C1CCC(I)CC1OCc1ccccc1. The van der Waals surface area contributed by atoms with Gasteiger partial charge in [-0.15, -0.1) is 0 Å². The van der Waals surface area contributed by atoms with Crippen LogP contribution in [0.15, 0.2) is 30.3 Å². The fraction of sp³-hybridized carbons (Fsp3) is 0.533. The molecule has 1 aromatic rings. The molecule has 19 heavy (non-hydrogen) atoms. The van der Waals surface area contributed by atoms with E-state index in [-0.39, 0.29) is 18.0 Å². The van der Waals surface area contributed by atoms with Crippen LogP contribution in [0.3, 0.4) is 0 Å². The van der Waals surface area contributed by atoms with Crippen molar-refractivity contribution in [2.75, 3.05) is 7.11 Å². The van der Waals surface area contributed by atoms with Gasteiger partial charge in [0.05, 0.1) is 25.7 Å². The Labute approximate surface area is 127 Å². The van der Waals surface area contributed by atoms with E-state index in [4.69, 9.17) is 9.47 Å². The van der Waals surface area contributed by atoms with Gasteiger partial charge in [0.2, 0.25) is 0 Å². The van der Waals surface area contributed by atoms with Crippen molar-refractivity contribution in [2.24, 2.45) is 5.92 Å². The summed E-state index contributed by atoms with van der Waals surface area (Å²) in [5.74, 6) is -0.249. The molecule has 0 spiro atoms. The summed E-state index contributed by atoms with van der Waals surface area (Å²) in [5, 5.41) is 0. The molecule has 1 aliphatic rings. The van der Waals surface area contributed by atoms with Crippen LogP contribution in [0.5, 0.6) is 0 Å². The molecule has 0 bridgehead atoms. The fourth-order valence-corrected chi connectivity index (χ4v) is 3.32. The number of alkyl halides is 1. The summed E-state index contributed by atoms with van der Waals surface area (Å²) in [6.45, 7) is 0.558. The van der Waals surface area contributed by atoms with Gasteiger partial charge in [0.15, 0.2) is 0 Å². The molecule has 0 radical (unpaired) electrons. The molecule has 1 aliphatic carbocycles. The van der Waals surface area contributed by atoms with Gasteiger partial charge in [-0.3, -0.25) is 4.79 Å². The lowest BCUT2D eigenvalue weighted by Gasteiger charge is -2.32. The van der Waals surface area contributed by atoms with Gasteiger partial charge in [0.1, 0.15) is 0 Å². The quantitative estimate of drug-likeness (QED) is 0.461. The molecule has 4 heteroatoms. The lowest BCUT2D eigenvalue weighted by atomic mass is 9.86. The Hall–Kier alpha value is -0.620. The molecule has 0 aliphatic heterocycles. The highest BCUT2D eigenvalue weighted by atomic mass is 127. The van der Waals surface area contributed by atoms with Gasteiger partial charge in [-0.2, -0.15) is 0 Å². The molecule has 2 rings (SSSR count). The number of halogens is 1. The molecule has 0 heterocycles. The highest BCUT2D eigenvalue weighted by Crippen LogP contribution is 2.32. The number of methoxy groups -OCH3 is 1. The standard InChI is InChI=1S/C15H19IO3/c1-18-15(17)13-8-7-12(16)9-14(13)19-10-11-5-3-2-4-6-11/h2-6,12-14H,7-10H2,1H3. The van der Waals surface area contributed by atoms with Crippen LogP contribution in [-0.2, 0) is 20.9 Å². The minimum atomic E-state index is -0.138. The van der Waals surface area contributed by atoms with Gasteiger partial charge >= 0.3 is 5.97 Å². The van der Waals surface area contributed by atoms with E-state index in [1.54, 1.807) is 0 Å². The Morgan fingerprint density at radius 1 is 1.32 bits per heavy atom. The summed E-state index contributed by atoms with van der Waals surface area (Å²) in [5.41, 5.74) is 1.14. The summed E-state index contributed by atoms with van der Waals surface area (Å²) in [6, 6.07) is 10.1. The number of esters is 1. The molecule has 0 amide bonds. The molecule has 3 unspecified atom stereocenters. The molecule has 104 valence electrons. The second-order valence-corrected chi connectivity index (χ2v) is 6.64. The first-order valence-corrected chi connectivity index (χ1v) is 7.82. The number of carbonyl (C=O) groups excluding carboxylic acids is 1. The van der Waals surface area contributed by atoms with E-state index in [0.717, 1.165) is 24.8 Å². The van der Waals surface area contributed by atoms with Gasteiger partial charge < -0.3 is 9.47 Å². The van der Waals surface area contributed by atoms with Gasteiger partial charge in [-0.1, -0.05) is 52.9 Å². The number of hydrogen-bond donors (Lipinski definition) is 0. The van der Waals surface area contributed by atoms with Crippen molar-refractivity contribution in [3.8, 4) is 0 Å². The normalized spacial score (nSPS) is 26.9. The van der Waals surface area contributed by atoms with Gasteiger partial charge in [-0.05, 0) is 24.8 Å². The zero-order valence-electron chi connectivity index (χ0n) is 11.0. The summed E-state index contributed by atoms with van der Waals surface area (Å²) in [6.07, 6.45) is 2.82. The largest absolute Gasteiger partial charge is 0.469 e. The van der Waals surface area contributed by atoms with Crippen LogP contribution >= 0.6 is 22.6 Å². The minimum Gasteiger partial charge on any atom is -0.469 e. The first-order valence-electron chi connectivity index (χ1n) is 6.58. The van der Waals surface area contributed by atoms with E-state index in [0.29, 0.717) is 10.5 Å². The van der Waals surface area contributed by atoms with Crippen LogP contribution in [0.25, 0.3) is 0 Å². The summed E-state index contributed by atoms with van der Waals surface area (Å²) >= 11 is 2.44. The molecular formula is C15H19IO3. The Bertz CT molecular complexity index is 407. The van der Waals surface area contributed by atoms with Gasteiger partial charge in [0, 0.05) is 3.92 Å². The first kappa shape index (κ1) is 14.8. The predicted octanol–water partition coefficient (Wildman–Crippen LogP) is 3.35. The number of carbonyl (C=O) groups is 1. The zero-order chi connectivity index (χ0) is 13.7. The Morgan fingerprint density at radius 2 is 2.05 bits per heavy atom. The Balaban J connectivity index is 1.96. The highest BCUT2D eigenvalue weighted by molar-refractivity contribution is 14.1. The Morgan fingerprint density at radius 3 is 2.74 bits per heavy atom. The molecule has 3 atom stereocenters. The van der Waals surface area contributed by atoms with Crippen LogP contribution in [0.1, 0.15) is 24.8 Å². The molecular weight excluding hydrogens is 355 g/mol. The maximum Gasteiger partial charge on any atom is 0.311 e. The lowest BCUT2D eigenvalue weighted by Crippen LogP contribution is -2.37. The van der Waals surface area contributed by atoms with Crippen molar-refractivity contribution in [3.05, 3.63) is 35.9 Å². The predicted molar refractivity (Wildman–Crippen MR) is 82.2 cm³/mol. The van der Waals surface area contributed by atoms with Gasteiger partial charge in [-0.25, -0.2) is 0 Å². The third-order valence-corrected chi connectivity index (χ3v) is 4.67. The van der Waals surface area contributed by atoms with E-state index >= 15 is 0 Å². The number of hydrogen-bond acceptors (Lipinski definition) is 3. The smallest absolute Gasteiger partial charge is 0.311 e. The van der Waals surface area contributed by atoms with Crippen molar-refractivity contribution < 1.29 is 14.3 Å². The zero-order valence-corrected chi connectivity index (χ0v) is 13.2. The molecule has 1 saturated carbocycles. The molecule has 0 N–H and O–H groups in total. The molecule has 3 nitrogen and oxygen atoms in total. The van der Waals surface area contributed by atoms with Crippen molar-refractivity contribution in [3.63, 3.8) is 0 Å². The van der Waals surface area contributed by atoms with Gasteiger partial charge in [0.25, 0.3) is 0 Å². The molecule has 1 aromatic carbocycles. The van der Waals surface area contributed by atoms with Crippen LogP contribution in [0.4, 0.5) is 0 Å². The third kappa shape index (κ3) is 4.18. The van der Waals surface area contributed by atoms with Crippen LogP contribution in [0, 0.1) is 5.92 Å². The monoisotopic (exact) mass is 374 g/mol. The van der Waals surface area contributed by atoms with Crippen LogP contribution < -0.4 is 0 Å². The number of rotatable bonds is 4. The maximum absolute atomic E-state index is 11.8. The van der Waals surface area contributed by atoms with E-state index in [2.05, 4.69) is 22.6 Å². The second kappa shape index (κ2) is 7.24. The first-order chi connectivity index (χ1) is 9.20. The summed E-state index contributed by atoms with van der Waals surface area (Å²) in [4.78, 5) is 11.8. The van der Waals surface area contributed by atoms with Crippen molar-refractivity contribution in [1.82, 2.24) is 0 Å². The van der Waals surface area contributed by atoms with E-state index in [1.165, 1.54) is 7.11 Å². The van der Waals surface area contributed by atoms with E-state index < -0.39 is 0 Å². The minimum absolute atomic E-state index is 0.0247. The second-order valence-electron chi connectivity index (χ2n) is 4.88. The van der Waals surface area contributed by atoms with E-state index in [9.17, 15) is 4.79 Å². The average molecular weight is 374 g/mol. The van der Waals surface area contributed by atoms with Crippen LogP contribution in [-0.4, -0.2) is 23.1 Å². The third-order valence-electron chi connectivity index (χ3n) is 3.54. The Kier molecular flexibility index (Phi) is 5.63. The van der Waals surface area contributed by atoms with E-state index in [1.807, 2.05) is 30.3 Å². The van der Waals surface area contributed by atoms with Crippen LogP contribution in [0.2, 0.25) is 0 Å². The lowest BCUT2D eigenvalue weighted by molar-refractivity contribution is -0.153. The van der Waals surface area contributed by atoms with Crippen molar-refractivity contribution in [2.45, 2.75) is 35.9 Å².